The minimum absolute atomic E-state index is 0.130. The number of carbonyl (C=O) groups excluding carboxylic acids is 2. The molecule has 0 amide bonds. The second kappa shape index (κ2) is 5.23. The zero-order valence-corrected chi connectivity index (χ0v) is 9.48. The molecule has 0 bridgehead atoms. The fourth-order valence-electron chi connectivity index (χ4n) is 1.09. The van der Waals surface area contributed by atoms with Crippen molar-refractivity contribution in [3.05, 3.63) is 0 Å². The Balaban J connectivity index is 4.71. The molecule has 5 nitrogen and oxygen atoms in total. The third kappa shape index (κ3) is 3.28. The van der Waals surface area contributed by atoms with Gasteiger partial charge in [-0.2, -0.15) is 0 Å². The second-order valence-electron chi connectivity index (χ2n) is 3.67. The number of rotatable bonds is 5. The summed E-state index contributed by atoms with van der Waals surface area (Å²) in [6.45, 7) is 5.61. The van der Waals surface area contributed by atoms with Crippen LogP contribution in [0.3, 0.4) is 0 Å². The third-order valence-electron chi connectivity index (χ3n) is 2.37. The van der Waals surface area contributed by atoms with E-state index in [-0.39, 0.29) is 6.61 Å². The first-order chi connectivity index (χ1) is 6.75. The van der Waals surface area contributed by atoms with E-state index in [1.165, 1.54) is 20.8 Å². The van der Waals surface area contributed by atoms with Crippen molar-refractivity contribution in [2.45, 2.75) is 39.4 Å². The Morgan fingerprint density at radius 3 is 2.20 bits per heavy atom. The monoisotopic (exact) mass is 218 g/mol. The molecular formula is C10H18O5. The molecule has 0 radical (unpaired) electrons. The van der Waals surface area contributed by atoms with Crippen molar-refractivity contribution in [3.63, 3.8) is 0 Å². The lowest BCUT2D eigenvalue weighted by Crippen LogP contribution is -2.48. The maximum absolute atomic E-state index is 11.4. The minimum atomic E-state index is -1.90. The number of ketones is 1. The Bertz CT molecular complexity index is 244. The molecule has 0 aromatic carbocycles. The zero-order valence-electron chi connectivity index (χ0n) is 9.48. The van der Waals surface area contributed by atoms with Crippen molar-refractivity contribution >= 4 is 11.8 Å². The summed E-state index contributed by atoms with van der Waals surface area (Å²) in [5.74, 6) is -2.45. The highest BCUT2D eigenvalue weighted by molar-refractivity contribution is 5.92. The Hall–Kier alpha value is -0.940. The van der Waals surface area contributed by atoms with Crippen LogP contribution in [0.1, 0.15) is 27.7 Å². The van der Waals surface area contributed by atoms with E-state index in [9.17, 15) is 14.7 Å². The SMILES string of the molecule is CCOC(=O)[C@](C)(O)[C@H](C)C(=O)[C@@H](C)O. The van der Waals surface area contributed by atoms with E-state index in [0.717, 1.165) is 0 Å². The van der Waals surface area contributed by atoms with Crippen LogP contribution in [-0.4, -0.2) is 40.3 Å². The van der Waals surface area contributed by atoms with E-state index < -0.39 is 29.4 Å². The van der Waals surface area contributed by atoms with Gasteiger partial charge in [-0.25, -0.2) is 4.79 Å². The summed E-state index contributed by atoms with van der Waals surface area (Å²) < 4.78 is 4.63. The van der Waals surface area contributed by atoms with Crippen molar-refractivity contribution < 1.29 is 24.5 Å². The molecule has 3 atom stereocenters. The molecular weight excluding hydrogens is 200 g/mol. The number of carbonyl (C=O) groups is 2. The van der Waals surface area contributed by atoms with Crippen LogP contribution in [0.25, 0.3) is 0 Å². The summed E-state index contributed by atoms with van der Waals surface area (Å²) in [5.41, 5.74) is -1.90. The molecule has 0 heterocycles. The van der Waals surface area contributed by atoms with E-state index in [0.29, 0.717) is 0 Å². The molecule has 0 saturated carbocycles. The average molecular weight is 218 g/mol. The van der Waals surface area contributed by atoms with Crippen LogP contribution in [0.2, 0.25) is 0 Å². The first-order valence-electron chi connectivity index (χ1n) is 4.86. The van der Waals surface area contributed by atoms with Gasteiger partial charge in [0.05, 0.1) is 12.5 Å². The number of ether oxygens (including phenoxy) is 1. The number of esters is 1. The van der Waals surface area contributed by atoms with Gasteiger partial charge >= 0.3 is 5.97 Å². The molecule has 0 saturated heterocycles. The lowest BCUT2D eigenvalue weighted by atomic mass is 9.85. The highest BCUT2D eigenvalue weighted by Crippen LogP contribution is 2.20. The summed E-state index contributed by atoms with van der Waals surface area (Å²) in [4.78, 5) is 22.7. The molecule has 88 valence electrons. The standard InChI is InChI=1S/C10H18O5/c1-5-15-9(13)10(4,14)6(2)8(12)7(3)11/h6-7,11,14H,5H2,1-4H3/t6-,7-,10-/m1/s1. The van der Waals surface area contributed by atoms with Crippen LogP contribution < -0.4 is 0 Å². The number of hydrogen-bond donors (Lipinski definition) is 2. The van der Waals surface area contributed by atoms with E-state index in [1.807, 2.05) is 0 Å². The average Bonchev–Trinajstić information content (AvgIpc) is 2.15. The fraction of sp³-hybridized carbons (Fsp3) is 0.800. The molecule has 0 aromatic heterocycles. The zero-order chi connectivity index (χ0) is 12.2. The summed E-state index contributed by atoms with van der Waals surface area (Å²) >= 11 is 0. The lowest BCUT2D eigenvalue weighted by molar-refractivity contribution is -0.172. The lowest BCUT2D eigenvalue weighted by Gasteiger charge is -2.27. The molecule has 0 aliphatic rings. The van der Waals surface area contributed by atoms with Gasteiger partial charge in [0.2, 0.25) is 0 Å². The molecule has 0 aliphatic heterocycles. The van der Waals surface area contributed by atoms with Crippen molar-refractivity contribution in [1.82, 2.24) is 0 Å². The molecule has 0 fully saturated rings. The maximum Gasteiger partial charge on any atom is 0.338 e. The van der Waals surface area contributed by atoms with E-state index >= 15 is 0 Å². The largest absolute Gasteiger partial charge is 0.464 e. The van der Waals surface area contributed by atoms with Crippen molar-refractivity contribution in [2.24, 2.45) is 5.92 Å². The predicted molar refractivity (Wildman–Crippen MR) is 53.1 cm³/mol. The van der Waals surface area contributed by atoms with Gasteiger partial charge in [0.25, 0.3) is 0 Å². The van der Waals surface area contributed by atoms with Gasteiger partial charge < -0.3 is 14.9 Å². The van der Waals surface area contributed by atoms with Crippen LogP contribution in [0, 0.1) is 5.92 Å². The van der Waals surface area contributed by atoms with Gasteiger partial charge in [0.1, 0.15) is 6.10 Å². The van der Waals surface area contributed by atoms with Gasteiger partial charge in [0.15, 0.2) is 11.4 Å². The highest BCUT2D eigenvalue weighted by Gasteiger charge is 2.42. The summed E-state index contributed by atoms with van der Waals surface area (Å²) in [7, 11) is 0. The Kier molecular flexibility index (Phi) is 4.90. The predicted octanol–water partition coefficient (Wildman–Crippen LogP) is -0.114. The van der Waals surface area contributed by atoms with Gasteiger partial charge in [-0.05, 0) is 20.8 Å². The molecule has 2 N–H and O–H groups in total. The topological polar surface area (TPSA) is 83.8 Å². The second-order valence-corrected chi connectivity index (χ2v) is 3.67. The maximum atomic E-state index is 11.4. The summed E-state index contributed by atoms with van der Waals surface area (Å²) in [5, 5.41) is 18.8. The van der Waals surface area contributed by atoms with Gasteiger partial charge in [-0.15, -0.1) is 0 Å². The summed E-state index contributed by atoms with van der Waals surface area (Å²) in [6.07, 6.45) is -1.21. The molecule has 0 rings (SSSR count). The first kappa shape index (κ1) is 14.1. The fourth-order valence-corrected chi connectivity index (χ4v) is 1.09. The Morgan fingerprint density at radius 2 is 1.87 bits per heavy atom. The van der Waals surface area contributed by atoms with Gasteiger partial charge in [-0.1, -0.05) is 6.92 Å². The van der Waals surface area contributed by atoms with Crippen LogP contribution in [0.15, 0.2) is 0 Å². The van der Waals surface area contributed by atoms with Crippen molar-refractivity contribution in [1.29, 1.82) is 0 Å². The molecule has 0 spiro atoms. The van der Waals surface area contributed by atoms with Crippen LogP contribution in [0.4, 0.5) is 0 Å². The number of Topliss-reactive ketones (excluding diaryl/α,β-unsaturated/α-hetero) is 1. The normalized spacial score (nSPS) is 18.8. The Labute approximate surface area is 89.0 Å². The van der Waals surface area contributed by atoms with E-state index in [1.54, 1.807) is 6.92 Å². The van der Waals surface area contributed by atoms with Gasteiger partial charge in [0, 0.05) is 0 Å². The van der Waals surface area contributed by atoms with Crippen LogP contribution in [0.5, 0.6) is 0 Å². The number of aliphatic hydroxyl groups excluding tert-OH is 1. The van der Waals surface area contributed by atoms with Crippen LogP contribution >= 0.6 is 0 Å². The number of hydrogen-bond acceptors (Lipinski definition) is 5. The Morgan fingerprint density at radius 1 is 1.40 bits per heavy atom. The number of aliphatic hydroxyl groups is 2. The van der Waals surface area contributed by atoms with E-state index in [4.69, 9.17) is 5.11 Å². The van der Waals surface area contributed by atoms with Crippen molar-refractivity contribution in [3.8, 4) is 0 Å². The molecule has 0 aliphatic carbocycles. The molecule has 15 heavy (non-hydrogen) atoms. The first-order valence-corrected chi connectivity index (χ1v) is 4.86. The minimum Gasteiger partial charge on any atom is -0.464 e. The third-order valence-corrected chi connectivity index (χ3v) is 2.37. The smallest absolute Gasteiger partial charge is 0.338 e. The molecule has 0 unspecified atom stereocenters. The molecule has 0 aromatic rings. The quantitative estimate of drug-likeness (QED) is 0.629. The molecule has 5 heteroatoms. The van der Waals surface area contributed by atoms with Crippen molar-refractivity contribution in [2.75, 3.05) is 6.61 Å². The van der Waals surface area contributed by atoms with Crippen LogP contribution in [-0.2, 0) is 14.3 Å². The summed E-state index contributed by atoms with van der Waals surface area (Å²) in [6, 6.07) is 0. The highest BCUT2D eigenvalue weighted by atomic mass is 16.5. The van der Waals surface area contributed by atoms with Gasteiger partial charge in [-0.3, -0.25) is 4.79 Å². The van der Waals surface area contributed by atoms with E-state index in [2.05, 4.69) is 4.74 Å².